The lowest BCUT2D eigenvalue weighted by molar-refractivity contribution is -0.00441. The Morgan fingerprint density at radius 2 is 0.918 bits per heavy atom. The summed E-state index contributed by atoms with van der Waals surface area (Å²) in [4.78, 5) is 0. The van der Waals surface area contributed by atoms with Gasteiger partial charge in [-0.05, 0) is 37.4 Å². The Hall–Kier alpha value is 0.407. The van der Waals surface area contributed by atoms with Crippen LogP contribution in [0.15, 0.2) is 0 Å². The van der Waals surface area contributed by atoms with Crippen LogP contribution in [-0.2, 0) is 13.4 Å². The lowest BCUT2D eigenvalue weighted by atomic mass is 9.97. The van der Waals surface area contributed by atoms with E-state index in [4.69, 9.17) is 13.4 Å². The van der Waals surface area contributed by atoms with Gasteiger partial charge in [-0.15, -0.1) is 0 Å². The molecule has 0 radical (unpaired) electrons. The molecule has 1 N–H and O–H groups in total. The zero-order valence-electron chi connectivity index (χ0n) is 33.5. The molecule has 0 spiro atoms. The molecule has 1 fully saturated rings. The van der Waals surface area contributed by atoms with Crippen molar-refractivity contribution in [2.24, 2.45) is 5.92 Å². The van der Waals surface area contributed by atoms with E-state index in [0.29, 0.717) is 5.92 Å². The first-order valence-electron chi connectivity index (χ1n) is 22.6. The maximum absolute atomic E-state index is 6.46. The predicted octanol–water partition coefficient (Wildman–Crippen LogP) is 14.7. The van der Waals surface area contributed by atoms with Crippen molar-refractivity contribution in [1.29, 1.82) is 0 Å². The lowest BCUT2D eigenvalue weighted by Crippen LogP contribution is -2.52. The molecule has 2 atom stereocenters. The summed E-state index contributed by atoms with van der Waals surface area (Å²) in [6.07, 6.45) is 48.5. The Morgan fingerprint density at radius 1 is 0.531 bits per heavy atom. The molecule has 0 aliphatic carbocycles. The van der Waals surface area contributed by atoms with E-state index in [9.17, 15) is 0 Å². The quantitative estimate of drug-likeness (QED) is 0.0377. The van der Waals surface area contributed by atoms with Crippen LogP contribution in [0, 0.1) is 5.92 Å². The summed E-state index contributed by atoms with van der Waals surface area (Å²) in [5.41, 5.74) is 3.34. The molecule has 0 bridgehead atoms. The van der Waals surface area contributed by atoms with Crippen LogP contribution in [0.4, 0.5) is 0 Å². The van der Waals surface area contributed by atoms with Crippen molar-refractivity contribution < 1.29 is 13.4 Å². The minimum absolute atomic E-state index is 0.642. The standard InChI is InChI=1S/C43H89NO3SSi/c1-3-5-7-9-11-13-15-17-19-21-23-25-27-29-31-33-36-43-37-39-46-49(41-35-40-48,47-44-42-43)45-38-34-32-30-28-26-24-22-20-18-16-14-12-10-8-6-4-2/h43-44,48H,3-42H2,1-2H3. The molecule has 2 unspecified atom stereocenters. The molecular weight excluding hydrogens is 639 g/mol. The van der Waals surface area contributed by atoms with Gasteiger partial charge in [0.25, 0.3) is 0 Å². The molecule has 49 heavy (non-hydrogen) atoms. The van der Waals surface area contributed by atoms with Crippen LogP contribution in [0.5, 0.6) is 0 Å². The molecule has 1 aliphatic rings. The molecule has 0 amide bonds. The lowest BCUT2D eigenvalue weighted by Gasteiger charge is -2.33. The average Bonchev–Trinajstić information content (AvgIpc) is 3.10. The largest absolute Gasteiger partial charge is 0.517 e. The van der Waals surface area contributed by atoms with Gasteiger partial charge in [0.2, 0.25) is 0 Å². The van der Waals surface area contributed by atoms with E-state index in [1.54, 1.807) is 0 Å². The topological polar surface area (TPSA) is 39.7 Å². The van der Waals surface area contributed by atoms with Crippen molar-refractivity contribution in [1.82, 2.24) is 5.48 Å². The third-order valence-electron chi connectivity index (χ3n) is 10.9. The number of unbranched alkanes of at least 4 members (excludes halogenated alkanes) is 30. The van der Waals surface area contributed by atoms with Gasteiger partial charge in [-0.2, -0.15) is 12.6 Å². The Morgan fingerprint density at radius 3 is 1.33 bits per heavy atom. The van der Waals surface area contributed by atoms with Crippen LogP contribution < -0.4 is 5.48 Å². The highest BCUT2D eigenvalue weighted by molar-refractivity contribution is 7.80. The van der Waals surface area contributed by atoms with Crippen molar-refractivity contribution in [3.05, 3.63) is 0 Å². The fraction of sp³-hybridized carbons (Fsp3) is 1.00. The second-order valence-corrected chi connectivity index (χ2v) is 18.8. The molecule has 1 aliphatic heterocycles. The van der Waals surface area contributed by atoms with Crippen molar-refractivity contribution >= 4 is 21.4 Å². The highest BCUT2D eigenvalue weighted by atomic mass is 32.1. The third kappa shape index (κ3) is 31.6. The monoisotopic (exact) mass is 728 g/mol. The first-order valence-corrected chi connectivity index (χ1v) is 25.1. The maximum atomic E-state index is 6.46. The van der Waals surface area contributed by atoms with Crippen LogP contribution in [0.2, 0.25) is 6.04 Å². The van der Waals surface area contributed by atoms with E-state index in [1.807, 2.05) is 0 Å². The fourth-order valence-electron chi connectivity index (χ4n) is 7.45. The second kappa shape index (κ2) is 38.1. The van der Waals surface area contributed by atoms with Crippen molar-refractivity contribution in [3.8, 4) is 0 Å². The maximum Gasteiger partial charge on any atom is 0.517 e. The smallest absolute Gasteiger partial charge is 0.373 e. The Balaban J connectivity index is 2.00. The van der Waals surface area contributed by atoms with Gasteiger partial charge < -0.3 is 8.85 Å². The Bertz CT molecular complexity index is 632. The molecule has 0 aromatic rings. The minimum Gasteiger partial charge on any atom is -0.373 e. The van der Waals surface area contributed by atoms with Gasteiger partial charge in [-0.3, -0.25) is 4.53 Å². The molecule has 1 rings (SSSR count). The van der Waals surface area contributed by atoms with Gasteiger partial charge in [0.15, 0.2) is 0 Å². The third-order valence-corrected chi connectivity index (χ3v) is 13.9. The molecule has 4 nitrogen and oxygen atoms in total. The number of hydrogen-bond donors (Lipinski definition) is 2. The normalized spacial score (nSPS) is 18.6. The van der Waals surface area contributed by atoms with E-state index < -0.39 is 8.80 Å². The van der Waals surface area contributed by atoms with E-state index in [1.165, 1.54) is 205 Å². The van der Waals surface area contributed by atoms with Crippen LogP contribution in [0.25, 0.3) is 0 Å². The summed E-state index contributed by atoms with van der Waals surface area (Å²) in [5, 5.41) is 0. The summed E-state index contributed by atoms with van der Waals surface area (Å²) in [6.45, 7) is 7.08. The highest BCUT2D eigenvalue weighted by Gasteiger charge is 2.42. The van der Waals surface area contributed by atoms with Crippen LogP contribution >= 0.6 is 12.6 Å². The molecule has 0 aromatic heterocycles. The summed E-state index contributed by atoms with van der Waals surface area (Å²) < 4.78 is 19.2. The molecule has 1 saturated heterocycles. The highest BCUT2D eigenvalue weighted by Crippen LogP contribution is 2.24. The molecule has 294 valence electrons. The molecule has 0 aromatic carbocycles. The molecular formula is C43H89NO3SSi. The number of hydrogen-bond acceptors (Lipinski definition) is 5. The predicted molar refractivity (Wildman–Crippen MR) is 222 cm³/mol. The van der Waals surface area contributed by atoms with E-state index >= 15 is 0 Å². The van der Waals surface area contributed by atoms with E-state index in [0.717, 1.165) is 50.8 Å². The van der Waals surface area contributed by atoms with Crippen LogP contribution in [0.1, 0.15) is 239 Å². The van der Waals surface area contributed by atoms with Gasteiger partial charge in [-0.1, -0.05) is 213 Å². The average molecular weight is 728 g/mol. The Kier molecular flexibility index (Phi) is 36.9. The number of hydroxylamine groups is 1. The summed E-state index contributed by atoms with van der Waals surface area (Å²) in [6, 6.07) is 0.867. The number of nitrogens with one attached hydrogen (secondary N) is 1. The van der Waals surface area contributed by atoms with Crippen LogP contribution in [-0.4, -0.2) is 34.3 Å². The first-order chi connectivity index (χ1) is 24.3. The number of thiol groups is 1. The fourth-order valence-corrected chi connectivity index (χ4v) is 10.3. The summed E-state index contributed by atoms with van der Waals surface area (Å²) in [7, 11) is -2.66. The minimum atomic E-state index is -2.66. The van der Waals surface area contributed by atoms with Crippen molar-refractivity contribution in [2.45, 2.75) is 245 Å². The zero-order chi connectivity index (χ0) is 35.2. The van der Waals surface area contributed by atoms with Gasteiger partial charge in [0.05, 0.1) is 0 Å². The van der Waals surface area contributed by atoms with Gasteiger partial charge in [0.1, 0.15) is 0 Å². The van der Waals surface area contributed by atoms with E-state index in [-0.39, 0.29) is 0 Å². The van der Waals surface area contributed by atoms with Gasteiger partial charge in [-0.25, -0.2) is 5.48 Å². The molecule has 1 heterocycles. The second-order valence-electron chi connectivity index (χ2n) is 15.7. The molecule has 6 heteroatoms. The number of rotatable bonds is 38. The first kappa shape index (κ1) is 47.4. The van der Waals surface area contributed by atoms with Crippen LogP contribution in [0.3, 0.4) is 0 Å². The van der Waals surface area contributed by atoms with E-state index in [2.05, 4.69) is 32.0 Å². The van der Waals surface area contributed by atoms with Gasteiger partial charge >= 0.3 is 8.80 Å². The SMILES string of the molecule is CCCCCCCCCCCCCCCCCCO[Si]1(CCCS)OCCC(CCCCCCCCCCCCCCCCCC)CNO1. The molecule has 0 saturated carbocycles. The summed E-state index contributed by atoms with van der Waals surface area (Å²) in [5.74, 6) is 1.50. The van der Waals surface area contributed by atoms with Gasteiger partial charge in [0, 0.05) is 25.8 Å². The van der Waals surface area contributed by atoms with Crippen molar-refractivity contribution in [3.63, 3.8) is 0 Å². The zero-order valence-corrected chi connectivity index (χ0v) is 35.4. The van der Waals surface area contributed by atoms with Crippen molar-refractivity contribution in [2.75, 3.05) is 25.5 Å². The Labute approximate surface area is 315 Å². The summed E-state index contributed by atoms with van der Waals surface area (Å²) >= 11 is 4.47.